The first-order valence-electron chi connectivity index (χ1n) is 5.42. The van der Waals surface area contributed by atoms with Crippen LogP contribution in [-0.2, 0) is 6.42 Å². The Morgan fingerprint density at radius 3 is 2.72 bits per heavy atom. The molecule has 0 aliphatic carbocycles. The van der Waals surface area contributed by atoms with E-state index in [2.05, 4.69) is 41.6 Å². The van der Waals surface area contributed by atoms with Gasteiger partial charge in [-0.3, -0.25) is 4.98 Å². The molecule has 0 unspecified atom stereocenters. The number of aromatic nitrogens is 3. The number of nitrogens with two attached hydrogens (primary N) is 1. The standard InChI is InChI=1S/C11H13BrN6/c12-9-10(16-7-17-11(9)18-13)15-6-4-8-3-1-2-5-14-8/h1-3,5,7H,4,6,13H2,(H2,15,16,17,18). The van der Waals surface area contributed by atoms with Crippen LogP contribution in [0.25, 0.3) is 0 Å². The lowest BCUT2D eigenvalue weighted by molar-refractivity contribution is 0.948. The van der Waals surface area contributed by atoms with Crippen molar-refractivity contribution >= 4 is 27.6 Å². The van der Waals surface area contributed by atoms with Crippen molar-refractivity contribution in [3.05, 3.63) is 40.9 Å². The van der Waals surface area contributed by atoms with Gasteiger partial charge >= 0.3 is 0 Å². The summed E-state index contributed by atoms with van der Waals surface area (Å²) in [7, 11) is 0. The Labute approximate surface area is 113 Å². The van der Waals surface area contributed by atoms with Gasteiger partial charge in [-0.05, 0) is 28.1 Å². The molecule has 0 saturated carbocycles. The first-order valence-corrected chi connectivity index (χ1v) is 6.21. The van der Waals surface area contributed by atoms with Gasteiger partial charge in [0.25, 0.3) is 0 Å². The van der Waals surface area contributed by atoms with Gasteiger partial charge in [0.05, 0.1) is 0 Å². The average molecular weight is 309 g/mol. The summed E-state index contributed by atoms with van der Waals surface area (Å²) in [5.41, 5.74) is 3.53. The smallest absolute Gasteiger partial charge is 0.159 e. The third-order valence-electron chi connectivity index (χ3n) is 2.33. The lowest BCUT2D eigenvalue weighted by atomic mass is 10.3. The molecule has 0 atom stereocenters. The van der Waals surface area contributed by atoms with Crippen LogP contribution in [-0.4, -0.2) is 21.5 Å². The molecule has 2 aromatic rings. The topological polar surface area (TPSA) is 88.8 Å². The first-order chi connectivity index (χ1) is 8.81. The maximum atomic E-state index is 5.33. The minimum Gasteiger partial charge on any atom is -0.369 e. The largest absolute Gasteiger partial charge is 0.369 e. The van der Waals surface area contributed by atoms with Crippen LogP contribution in [0, 0.1) is 0 Å². The van der Waals surface area contributed by atoms with Crippen molar-refractivity contribution in [1.29, 1.82) is 0 Å². The molecule has 6 nitrogen and oxygen atoms in total. The summed E-state index contributed by atoms with van der Waals surface area (Å²) in [6.07, 6.45) is 4.05. The molecule has 94 valence electrons. The summed E-state index contributed by atoms with van der Waals surface area (Å²) in [5, 5.41) is 3.20. The van der Waals surface area contributed by atoms with Crippen LogP contribution in [0.2, 0.25) is 0 Å². The maximum absolute atomic E-state index is 5.33. The van der Waals surface area contributed by atoms with E-state index < -0.39 is 0 Å². The first kappa shape index (κ1) is 12.7. The van der Waals surface area contributed by atoms with E-state index in [9.17, 15) is 0 Å². The van der Waals surface area contributed by atoms with E-state index in [1.807, 2.05) is 18.2 Å². The normalized spacial score (nSPS) is 10.1. The number of nitrogens with one attached hydrogen (secondary N) is 2. The van der Waals surface area contributed by atoms with Crippen molar-refractivity contribution in [1.82, 2.24) is 15.0 Å². The van der Waals surface area contributed by atoms with Crippen LogP contribution < -0.4 is 16.6 Å². The number of hydrazine groups is 1. The van der Waals surface area contributed by atoms with E-state index in [4.69, 9.17) is 5.84 Å². The lowest BCUT2D eigenvalue weighted by Gasteiger charge is -2.09. The molecule has 2 heterocycles. The number of anilines is 2. The molecule has 7 heteroatoms. The van der Waals surface area contributed by atoms with Crippen molar-refractivity contribution in [2.24, 2.45) is 5.84 Å². The second-order valence-electron chi connectivity index (χ2n) is 3.53. The summed E-state index contributed by atoms with van der Waals surface area (Å²) in [4.78, 5) is 12.4. The summed E-state index contributed by atoms with van der Waals surface area (Å²) in [6.45, 7) is 0.733. The van der Waals surface area contributed by atoms with Gasteiger partial charge in [0.2, 0.25) is 0 Å². The summed E-state index contributed by atoms with van der Waals surface area (Å²) in [6, 6.07) is 5.86. The van der Waals surface area contributed by atoms with Gasteiger partial charge in [0.1, 0.15) is 16.6 Å². The minimum absolute atomic E-state index is 0.547. The Hall–Kier alpha value is -1.73. The predicted molar refractivity (Wildman–Crippen MR) is 74.0 cm³/mol. The zero-order valence-electron chi connectivity index (χ0n) is 9.60. The fourth-order valence-corrected chi connectivity index (χ4v) is 1.91. The maximum Gasteiger partial charge on any atom is 0.159 e. The van der Waals surface area contributed by atoms with Gasteiger partial charge in [0, 0.05) is 24.9 Å². The molecule has 0 spiro atoms. The average Bonchev–Trinajstić information content (AvgIpc) is 2.42. The quantitative estimate of drug-likeness (QED) is 0.574. The molecule has 0 aromatic carbocycles. The van der Waals surface area contributed by atoms with Gasteiger partial charge in [-0.15, -0.1) is 0 Å². The molecular formula is C11H13BrN6. The van der Waals surface area contributed by atoms with E-state index >= 15 is 0 Å². The van der Waals surface area contributed by atoms with Crippen LogP contribution in [0.15, 0.2) is 35.2 Å². The Kier molecular flexibility index (Phi) is 4.43. The van der Waals surface area contributed by atoms with Crippen LogP contribution in [0.1, 0.15) is 5.69 Å². The molecule has 0 bridgehead atoms. The van der Waals surface area contributed by atoms with Crippen LogP contribution >= 0.6 is 15.9 Å². The Morgan fingerprint density at radius 2 is 2.00 bits per heavy atom. The second-order valence-corrected chi connectivity index (χ2v) is 4.32. The highest BCUT2D eigenvalue weighted by molar-refractivity contribution is 9.10. The number of halogens is 1. The molecule has 0 radical (unpaired) electrons. The molecule has 0 aliphatic heterocycles. The summed E-state index contributed by atoms with van der Waals surface area (Å²) in [5.74, 6) is 6.58. The van der Waals surface area contributed by atoms with Crippen molar-refractivity contribution in [2.45, 2.75) is 6.42 Å². The molecule has 0 amide bonds. The zero-order valence-corrected chi connectivity index (χ0v) is 11.2. The highest BCUT2D eigenvalue weighted by Crippen LogP contribution is 2.25. The van der Waals surface area contributed by atoms with Crippen molar-refractivity contribution in [2.75, 3.05) is 17.3 Å². The summed E-state index contributed by atoms with van der Waals surface area (Å²) >= 11 is 3.38. The molecule has 2 aromatic heterocycles. The second kappa shape index (κ2) is 6.27. The lowest BCUT2D eigenvalue weighted by Crippen LogP contribution is -2.12. The highest BCUT2D eigenvalue weighted by Gasteiger charge is 2.06. The van der Waals surface area contributed by atoms with Gasteiger partial charge in [0.15, 0.2) is 5.82 Å². The molecule has 0 saturated heterocycles. The van der Waals surface area contributed by atoms with Gasteiger partial charge in [-0.2, -0.15) is 0 Å². The van der Waals surface area contributed by atoms with Gasteiger partial charge < -0.3 is 10.7 Å². The number of hydrogen-bond donors (Lipinski definition) is 3. The van der Waals surface area contributed by atoms with Gasteiger partial charge in [-0.1, -0.05) is 6.07 Å². The van der Waals surface area contributed by atoms with E-state index in [1.54, 1.807) is 6.20 Å². The number of pyridine rings is 1. The predicted octanol–water partition coefficient (Wildman–Crippen LogP) is 1.57. The van der Waals surface area contributed by atoms with Crippen LogP contribution in [0.4, 0.5) is 11.6 Å². The van der Waals surface area contributed by atoms with E-state index in [-0.39, 0.29) is 0 Å². The third-order valence-corrected chi connectivity index (χ3v) is 3.08. The SMILES string of the molecule is NNc1ncnc(NCCc2ccccn2)c1Br. The molecule has 0 aliphatic rings. The number of rotatable bonds is 5. The van der Waals surface area contributed by atoms with Crippen molar-refractivity contribution in [3.63, 3.8) is 0 Å². The number of hydrogen-bond acceptors (Lipinski definition) is 6. The molecule has 4 N–H and O–H groups in total. The Balaban J connectivity index is 1.95. The zero-order chi connectivity index (χ0) is 12.8. The van der Waals surface area contributed by atoms with E-state index in [0.29, 0.717) is 16.1 Å². The van der Waals surface area contributed by atoms with E-state index in [0.717, 1.165) is 18.7 Å². The molecular weight excluding hydrogens is 296 g/mol. The third kappa shape index (κ3) is 3.14. The Morgan fingerprint density at radius 1 is 1.17 bits per heavy atom. The highest BCUT2D eigenvalue weighted by atomic mass is 79.9. The number of nitrogen functional groups attached to an aromatic ring is 1. The van der Waals surface area contributed by atoms with Crippen molar-refractivity contribution < 1.29 is 0 Å². The molecule has 2 rings (SSSR count). The fourth-order valence-electron chi connectivity index (χ4n) is 1.45. The van der Waals surface area contributed by atoms with Gasteiger partial charge in [-0.25, -0.2) is 15.8 Å². The van der Waals surface area contributed by atoms with E-state index in [1.165, 1.54) is 6.33 Å². The fraction of sp³-hybridized carbons (Fsp3) is 0.182. The number of nitrogens with zero attached hydrogens (tertiary/aromatic N) is 3. The van der Waals surface area contributed by atoms with Crippen molar-refractivity contribution in [3.8, 4) is 0 Å². The van der Waals surface area contributed by atoms with Crippen LogP contribution in [0.5, 0.6) is 0 Å². The Bertz CT molecular complexity index is 504. The molecule has 18 heavy (non-hydrogen) atoms. The summed E-state index contributed by atoms with van der Waals surface area (Å²) < 4.78 is 0.716. The van der Waals surface area contributed by atoms with Crippen LogP contribution in [0.3, 0.4) is 0 Å². The molecule has 0 fully saturated rings. The monoisotopic (exact) mass is 308 g/mol. The minimum atomic E-state index is 0.547.